The monoisotopic (exact) mass is 383 g/mol. The van der Waals surface area contributed by atoms with Crippen LogP contribution in [0.1, 0.15) is 34.0 Å². The second-order valence-electron chi connectivity index (χ2n) is 7.39. The maximum atomic E-state index is 12.6. The molecule has 148 valence electrons. The van der Waals surface area contributed by atoms with Crippen molar-refractivity contribution < 1.29 is 19.2 Å². The largest absolute Gasteiger partial charge is 0.497 e. The van der Waals surface area contributed by atoms with E-state index in [0.717, 1.165) is 62.8 Å². The Bertz CT molecular complexity index is 819. The minimum absolute atomic E-state index is 0.117. The number of morpholine rings is 1. The van der Waals surface area contributed by atoms with E-state index in [2.05, 4.69) is 15.3 Å². The molecule has 7 nitrogen and oxygen atoms in total. The van der Waals surface area contributed by atoms with Crippen molar-refractivity contribution in [3.05, 3.63) is 47.3 Å². The lowest BCUT2D eigenvalue weighted by atomic mass is 9.82. The Labute approximate surface area is 165 Å². The summed E-state index contributed by atoms with van der Waals surface area (Å²) in [5, 5.41) is 3.31. The van der Waals surface area contributed by atoms with Gasteiger partial charge in [-0.05, 0) is 30.0 Å². The van der Waals surface area contributed by atoms with Crippen molar-refractivity contribution in [2.24, 2.45) is 0 Å². The number of nitrogens with zero attached hydrogens (tertiary/aromatic N) is 2. The summed E-state index contributed by atoms with van der Waals surface area (Å²) in [5.74, 6) is 1.69. The highest BCUT2D eigenvalue weighted by molar-refractivity contribution is 5.98. The molecular formula is C21H27N4O3+. The Balaban J connectivity index is 1.41. The Kier molecular flexibility index (Phi) is 5.83. The number of Topliss-reactive ketones (excluding diaryl/α,β-unsaturated/α-hetero) is 1. The molecule has 28 heavy (non-hydrogen) atoms. The average Bonchev–Trinajstić information content (AvgIpc) is 2.74. The van der Waals surface area contributed by atoms with Gasteiger partial charge in [0, 0.05) is 12.6 Å². The molecule has 0 radical (unpaired) electrons. The fraction of sp³-hybridized carbons (Fsp3) is 0.476. The van der Waals surface area contributed by atoms with Crippen LogP contribution < -0.4 is 15.0 Å². The molecule has 4 rings (SSSR count). The molecule has 1 aromatic heterocycles. The molecule has 7 heteroatoms. The van der Waals surface area contributed by atoms with Gasteiger partial charge >= 0.3 is 0 Å². The van der Waals surface area contributed by atoms with Gasteiger partial charge in [-0.3, -0.25) is 4.79 Å². The van der Waals surface area contributed by atoms with E-state index in [-0.39, 0.29) is 11.7 Å². The summed E-state index contributed by atoms with van der Waals surface area (Å²) in [6.07, 6.45) is 2.92. The number of anilines is 1. The maximum absolute atomic E-state index is 12.6. The van der Waals surface area contributed by atoms with Gasteiger partial charge in [0.05, 0.1) is 44.7 Å². The van der Waals surface area contributed by atoms with E-state index >= 15 is 0 Å². The van der Waals surface area contributed by atoms with E-state index in [4.69, 9.17) is 9.47 Å². The number of methoxy groups -OCH3 is 1. The van der Waals surface area contributed by atoms with Gasteiger partial charge in [0.25, 0.3) is 0 Å². The van der Waals surface area contributed by atoms with Crippen LogP contribution in [-0.2, 0) is 11.2 Å². The molecule has 2 N–H and O–H groups in total. The summed E-state index contributed by atoms with van der Waals surface area (Å²) < 4.78 is 10.6. The van der Waals surface area contributed by atoms with Crippen molar-refractivity contribution >= 4 is 11.7 Å². The number of hydrogen-bond donors (Lipinski definition) is 2. The molecule has 0 saturated carbocycles. The lowest BCUT2D eigenvalue weighted by Crippen LogP contribution is -3.14. The highest BCUT2D eigenvalue weighted by Gasteiger charge is 2.28. The topological polar surface area (TPSA) is 77.8 Å². The number of ether oxygens (including phenoxy) is 2. The van der Waals surface area contributed by atoms with Gasteiger partial charge in [-0.25, -0.2) is 9.97 Å². The van der Waals surface area contributed by atoms with E-state index in [0.29, 0.717) is 17.9 Å². The quantitative estimate of drug-likeness (QED) is 0.766. The third kappa shape index (κ3) is 4.31. The molecule has 1 fully saturated rings. The predicted octanol–water partition coefficient (Wildman–Crippen LogP) is 0.725. The number of carbonyl (C=O) groups excluding carboxylic acids is 1. The van der Waals surface area contributed by atoms with E-state index in [1.165, 1.54) is 4.90 Å². The smallest absolute Gasteiger partial charge is 0.223 e. The molecule has 1 aromatic carbocycles. The van der Waals surface area contributed by atoms with E-state index in [9.17, 15) is 4.79 Å². The van der Waals surface area contributed by atoms with Crippen LogP contribution in [0.2, 0.25) is 0 Å². The highest BCUT2D eigenvalue weighted by atomic mass is 16.5. The highest BCUT2D eigenvalue weighted by Crippen LogP contribution is 2.32. The molecule has 2 aliphatic rings. The maximum Gasteiger partial charge on any atom is 0.223 e. The van der Waals surface area contributed by atoms with Crippen LogP contribution in [0.3, 0.4) is 0 Å². The number of carbonyl (C=O) groups is 1. The SMILES string of the molecule is COc1ccc([C@@H]2CC(=O)c3cnc(NCC[NH+]4CCOCC4)nc3C2)cc1. The van der Waals surface area contributed by atoms with Crippen molar-refractivity contribution in [2.45, 2.75) is 18.8 Å². The number of fused-ring (bicyclic) bond motifs is 1. The summed E-state index contributed by atoms with van der Waals surface area (Å²) in [6, 6.07) is 7.95. The van der Waals surface area contributed by atoms with Crippen LogP contribution >= 0.6 is 0 Å². The van der Waals surface area contributed by atoms with Gasteiger partial charge in [0.1, 0.15) is 18.8 Å². The Morgan fingerprint density at radius 3 is 2.75 bits per heavy atom. The van der Waals surface area contributed by atoms with Gasteiger partial charge in [-0.15, -0.1) is 0 Å². The number of benzene rings is 1. The van der Waals surface area contributed by atoms with Crippen molar-refractivity contribution in [1.82, 2.24) is 9.97 Å². The Morgan fingerprint density at radius 2 is 2.00 bits per heavy atom. The molecule has 0 spiro atoms. The number of hydrogen-bond acceptors (Lipinski definition) is 6. The van der Waals surface area contributed by atoms with Gasteiger partial charge in [0.15, 0.2) is 5.78 Å². The Hall–Kier alpha value is -2.51. The summed E-state index contributed by atoms with van der Waals surface area (Å²) in [4.78, 5) is 23.1. The normalized spacial score (nSPS) is 19.9. The fourth-order valence-corrected chi connectivity index (χ4v) is 3.90. The van der Waals surface area contributed by atoms with Crippen LogP contribution in [-0.4, -0.2) is 62.3 Å². The second-order valence-corrected chi connectivity index (χ2v) is 7.39. The fourth-order valence-electron chi connectivity index (χ4n) is 3.90. The predicted molar refractivity (Wildman–Crippen MR) is 105 cm³/mol. The number of nitrogens with one attached hydrogen (secondary N) is 2. The number of quaternary nitrogens is 1. The lowest BCUT2D eigenvalue weighted by molar-refractivity contribution is -0.906. The lowest BCUT2D eigenvalue weighted by Gasteiger charge is -2.24. The zero-order valence-corrected chi connectivity index (χ0v) is 16.2. The van der Waals surface area contributed by atoms with E-state index in [1.54, 1.807) is 13.3 Å². The van der Waals surface area contributed by atoms with Gasteiger partial charge < -0.3 is 19.7 Å². The summed E-state index contributed by atoms with van der Waals surface area (Å²) in [6.45, 7) is 5.58. The first-order valence-electron chi connectivity index (χ1n) is 9.91. The average molecular weight is 383 g/mol. The molecule has 0 unspecified atom stereocenters. The molecular weight excluding hydrogens is 356 g/mol. The van der Waals surface area contributed by atoms with Crippen LogP contribution in [0.25, 0.3) is 0 Å². The van der Waals surface area contributed by atoms with Crippen molar-refractivity contribution in [1.29, 1.82) is 0 Å². The number of aromatic nitrogens is 2. The standard InChI is InChI=1S/C21H26N4O3/c1-27-17-4-2-15(3-5-17)16-12-19-18(20(26)13-16)14-23-21(24-19)22-6-7-25-8-10-28-11-9-25/h2-5,14,16H,6-13H2,1H3,(H,22,23,24)/p+1/t16-/m0/s1. The third-order valence-corrected chi connectivity index (χ3v) is 5.59. The first-order valence-corrected chi connectivity index (χ1v) is 9.91. The van der Waals surface area contributed by atoms with Crippen LogP contribution in [0.4, 0.5) is 5.95 Å². The first-order chi connectivity index (χ1) is 13.7. The van der Waals surface area contributed by atoms with E-state index in [1.807, 2.05) is 24.3 Å². The molecule has 1 atom stereocenters. The molecule has 0 amide bonds. The van der Waals surface area contributed by atoms with Crippen molar-refractivity contribution in [2.75, 3.05) is 51.8 Å². The molecule has 0 bridgehead atoms. The van der Waals surface area contributed by atoms with Gasteiger partial charge in [-0.2, -0.15) is 0 Å². The minimum Gasteiger partial charge on any atom is -0.497 e. The molecule has 1 aliphatic heterocycles. The molecule has 2 heterocycles. The first kappa shape index (κ1) is 18.8. The summed E-state index contributed by atoms with van der Waals surface area (Å²) in [7, 11) is 1.65. The number of ketones is 1. The molecule has 1 aliphatic carbocycles. The van der Waals surface area contributed by atoms with E-state index < -0.39 is 0 Å². The van der Waals surface area contributed by atoms with Crippen molar-refractivity contribution in [3.8, 4) is 5.75 Å². The van der Waals surface area contributed by atoms with Gasteiger partial charge in [-0.1, -0.05) is 12.1 Å². The van der Waals surface area contributed by atoms with Crippen LogP contribution in [0, 0.1) is 0 Å². The van der Waals surface area contributed by atoms with Crippen LogP contribution in [0.5, 0.6) is 5.75 Å². The molecule has 2 aromatic rings. The van der Waals surface area contributed by atoms with Crippen molar-refractivity contribution in [3.63, 3.8) is 0 Å². The minimum atomic E-state index is 0.117. The zero-order chi connectivity index (χ0) is 19.3. The van der Waals surface area contributed by atoms with Gasteiger partial charge in [0.2, 0.25) is 5.95 Å². The molecule has 1 saturated heterocycles. The number of rotatable bonds is 6. The summed E-state index contributed by atoms with van der Waals surface area (Å²) >= 11 is 0. The zero-order valence-electron chi connectivity index (χ0n) is 16.2. The van der Waals surface area contributed by atoms with Crippen LogP contribution in [0.15, 0.2) is 30.5 Å². The second kappa shape index (κ2) is 8.67. The third-order valence-electron chi connectivity index (χ3n) is 5.59. The summed E-state index contributed by atoms with van der Waals surface area (Å²) in [5.41, 5.74) is 2.64. The Morgan fingerprint density at radius 1 is 1.21 bits per heavy atom.